The standard InChI is InChI=1S/C8H14F2N4O/c1-5(15)2-3-14-7(8(9)10)6(4-11)12-13-14/h5,8,15H,2-4,11H2,1H3. The Morgan fingerprint density at radius 2 is 2.20 bits per heavy atom. The van der Waals surface area contributed by atoms with Crippen LogP contribution in [-0.4, -0.2) is 26.2 Å². The maximum Gasteiger partial charge on any atom is 0.281 e. The third kappa shape index (κ3) is 2.93. The molecule has 0 spiro atoms. The quantitative estimate of drug-likeness (QED) is 0.755. The molecule has 7 heteroatoms. The zero-order valence-electron chi connectivity index (χ0n) is 8.40. The van der Waals surface area contributed by atoms with E-state index in [4.69, 9.17) is 10.8 Å². The maximum atomic E-state index is 12.6. The van der Waals surface area contributed by atoms with Gasteiger partial charge in [-0.25, -0.2) is 13.5 Å². The Morgan fingerprint density at radius 3 is 2.67 bits per heavy atom. The number of halogens is 2. The van der Waals surface area contributed by atoms with Crippen LogP contribution in [0.5, 0.6) is 0 Å². The van der Waals surface area contributed by atoms with Crippen molar-refractivity contribution >= 4 is 0 Å². The maximum absolute atomic E-state index is 12.6. The number of alkyl halides is 2. The van der Waals surface area contributed by atoms with Gasteiger partial charge in [0.2, 0.25) is 0 Å². The Bertz CT molecular complexity index is 314. The highest BCUT2D eigenvalue weighted by Crippen LogP contribution is 2.21. The van der Waals surface area contributed by atoms with Gasteiger partial charge in [-0.2, -0.15) is 0 Å². The van der Waals surface area contributed by atoms with Crippen molar-refractivity contribution in [2.75, 3.05) is 0 Å². The van der Waals surface area contributed by atoms with Gasteiger partial charge in [0.25, 0.3) is 6.43 Å². The molecule has 15 heavy (non-hydrogen) atoms. The molecule has 1 heterocycles. The first kappa shape index (κ1) is 12.0. The van der Waals surface area contributed by atoms with Crippen LogP contribution in [-0.2, 0) is 13.1 Å². The van der Waals surface area contributed by atoms with Gasteiger partial charge in [-0.1, -0.05) is 5.21 Å². The van der Waals surface area contributed by atoms with Crippen LogP contribution in [0.15, 0.2) is 0 Å². The summed E-state index contributed by atoms with van der Waals surface area (Å²) < 4.78 is 26.3. The first-order chi connectivity index (χ1) is 7.06. The third-order valence-corrected chi connectivity index (χ3v) is 2.01. The number of hydrogen-bond donors (Lipinski definition) is 2. The van der Waals surface area contributed by atoms with Gasteiger partial charge < -0.3 is 10.8 Å². The number of aliphatic hydroxyl groups excluding tert-OH is 1. The fourth-order valence-corrected chi connectivity index (χ4v) is 1.21. The summed E-state index contributed by atoms with van der Waals surface area (Å²) in [7, 11) is 0. The van der Waals surface area contributed by atoms with Crippen LogP contribution in [0.1, 0.15) is 31.2 Å². The molecule has 0 bridgehead atoms. The molecule has 1 aromatic heterocycles. The van der Waals surface area contributed by atoms with Crippen LogP contribution < -0.4 is 5.73 Å². The van der Waals surface area contributed by atoms with Crippen molar-refractivity contribution < 1.29 is 13.9 Å². The van der Waals surface area contributed by atoms with E-state index in [-0.39, 0.29) is 24.5 Å². The molecule has 0 aromatic carbocycles. The minimum Gasteiger partial charge on any atom is -0.393 e. The molecule has 3 N–H and O–H groups in total. The largest absolute Gasteiger partial charge is 0.393 e. The van der Waals surface area contributed by atoms with Crippen LogP contribution in [0.25, 0.3) is 0 Å². The van der Waals surface area contributed by atoms with Crippen LogP contribution in [0.4, 0.5) is 8.78 Å². The van der Waals surface area contributed by atoms with Gasteiger partial charge in [-0.15, -0.1) is 5.10 Å². The second kappa shape index (κ2) is 5.13. The molecule has 1 aromatic rings. The zero-order valence-corrected chi connectivity index (χ0v) is 8.40. The fraction of sp³-hybridized carbons (Fsp3) is 0.750. The SMILES string of the molecule is CC(O)CCn1nnc(CN)c1C(F)F. The first-order valence-electron chi connectivity index (χ1n) is 4.64. The van der Waals surface area contributed by atoms with E-state index in [1.807, 2.05) is 0 Å². The van der Waals surface area contributed by atoms with Crippen molar-refractivity contribution in [1.82, 2.24) is 15.0 Å². The lowest BCUT2D eigenvalue weighted by atomic mass is 10.2. The minimum atomic E-state index is -2.65. The number of nitrogens with two attached hydrogens (primary N) is 1. The molecule has 86 valence electrons. The predicted octanol–water partition coefficient (Wildman–Crippen LogP) is 0.445. The number of nitrogens with zero attached hydrogens (tertiary/aromatic N) is 3. The molecule has 0 aliphatic heterocycles. The lowest BCUT2D eigenvalue weighted by molar-refractivity contribution is 0.132. The van der Waals surface area contributed by atoms with E-state index in [2.05, 4.69) is 10.3 Å². The van der Waals surface area contributed by atoms with Crippen LogP contribution >= 0.6 is 0 Å². The van der Waals surface area contributed by atoms with Gasteiger partial charge >= 0.3 is 0 Å². The summed E-state index contributed by atoms with van der Waals surface area (Å²) in [5, 5.41) is 16.2. The van der Waals surface area contributed by atoms with E-state index in [1.165, 1.54) is 0 Å². The molecule has 5 nitrogen and oxygen atoms in total. The monoisotopic (exact) mass is 220 g/mol. The second-order valence-corrected chi connectivity index (χ2v) is 3.29. The molecule has 0 aliphatic carbocycles. The van der Waals surface area contributed by atoms with Crippen molar-refractivity contribution in [3.63, 3.8) is 0 Å². The van der Waals surface area contributed by atoms with Crippen LogP contribution in [0.3, 0.4) is 0 Å². The van der Waals surface area contributed by atoms with Gasteiger partial charge in [0, 0.05) is 13.1 Å². The highest BCUT2D eigenvalue weighted by molar-refractivity contribution is 5.11. The highest BCUT2D eigenvalue weighted by Gasteiger charge is 2.20. The topological polar surface area (TPSA) is 77.0 Å². The molecule has 1 rings (SSSR count). The molecule has 0 saturated heterocycles. The Morgan fingerprint density at radius 1 is 1.53 bits per heavy atom. The number of aromatic nitrogens is 3. The van der Waals surface area contributed by atoms with E-state index in [0.29, 0.717) is 6.42 Å². The number of rotatable bonds is 5. The first-order valence-corrected chi connectivity index (χ1v) is 4.64. The second-order valence-electron chi connectivity index (χ2n) is 3.29. The summed E-state index contributed by atoms with van der Waals surface area (Å²) in [4.78, 5) is 0. The Labute approximate surface area is 85.9 Å². The molecular weight excluding hydrogens is 206 g/mol. The summed E-state index contributed by atoms with van der Waals surface area (Å²) in [6, 6.07) is 0. The predicted molar refractivity (Wildman–Crippen MR) is 49.2 cm³/mol. The van der Waals surface area contributed by atoms with E-state index in [9.17, 15) is 8.78 Å². The van der Waals surface area contributed by atoms with Crippen LogP contribution in [0.2, 0.25) is 0 Å². The lowest BCUT2D eigenvalue weighted by Gasteiger charge is -2.07. The molecule has 1 unspecified atom stereocenters. The molecule has 0 aliphatic rings. The molecule has 0 amide bonds. The number of hydrogen-bond acceptors (Lipinski definition) is 4. The van der Waals surface area contributed by atoms with E-state index in [0.717, 1.165) is 4.68 Å². The normalized spacial score (nSPS) is 13.5. The Hall–Kier alpha value is -1.08. The van der Waals surface area contributed by atoms with Gasteiger partial charge in [0.15, 0.2) is 0 Å². The van der Waals surface area contributed by atoms with Crippen molar-refractivity contribution in [3.05, 3.63) is 11.4 Å². The van der Waals surface area contributed by atoms with E-state index < -0.39 is 12.5 Å². The molecule has 0 saturated carbocycles. The Kier molecular flexibility index (Phi) is 4.10. The average molecular weight is 220 g/mol. The average Bonchev–Trinajstić information content (AvgIpc) is 2.57. The van der Waals surface area contributed by atoms with Gasteiger partial charge in [-0.05, 0) is 13.3 Å². The zero-order chi connectivity index (χ0) is 11.4. The van der Waals surface area contributed by atoms with Crippen molar-refractivity contribution in [2.24, 2.45) is 5.73 Å². The summed E-state index contributed by atoms with van der Waals surface area (Å²) in [5.74, 6) is 0. The molecule has 0 radical (unpaired) electrons. The lowest BCUT2D eigenvalue weighted by Crippen LogP contribution is -2.12. The van der Waals surface area contributed by atoms with Crippen molar-refractivity contribution in [2.45, 2.75) is 39.0 Å². The van der Waals surface area contributed by atoms with Gasteiger partial charge in [-0.3, -0.25) is 0 Å². The van der Waals surface area contributed by atoms with Crippen LogP contribution in [0, 0.1) is 0 Å². The highest BCUT2D eigenvalue weighted by atomic mass is 19.3. The summed E-state index contributed by atoms with van der Waals surface area (Å²) in [5.41, 5.74) is 5.11. The van der Waals surface area contributed by atoms with Gasteiger partial charge in [0.1, 0.15) is 11.4 Å². The smallest absolute Gasteiger partial charge is 0.281 e. The Balaban J connectivity index is 2.82. The van der Waals surface area contributed by atoms with Gasteiger partial charge in [0.05, 0.1) is 6.10 Å². The molecule has 0 fully saturated rings. The summed E-state index contributed by atoms with van der Waals surface area (Å²) in [6.07, 6.45) is -2.85. The molecule has 1 atom stereocenters. The summed E-state index contributed by atoms with van der Waals surface area (Å²) in [6.45, 7) is 1.74. The third-order valence-electron chi connectivity index (χ3n) is 2.01. The fourth-order valence-electron chi connectivity index (χ4n) is 1.21. The minimum absolute atomic E-state index is 0.0612. The summed E-state index contributed by atoms with van der Waals surface area (Å²) >= 11 is 0. The van der Waals surface area contributed by atoms with Crippen molar-refractivity contribution in [3.8, 4) is 0 Å². The van der Waals surface area contributed by atoms with Crippen molar-refractivity contribution in [1.29, 1.82) is 0 Å². The number of aliphatic hydroxyl groups is 1. The molecular formula is C8H14F2N4O. The van der Waals surface area contributed by atoms with E-state index >= 15 is 0 Å². The van der Waals surface area contributed by atoms with E-state index in [1.54, 1.807) is 6.92 Å². The number of aryl methyl sites for hydroxylation is 1.